The summed E-state index contributed by atoms with van der Waals surface area (Å²) in [5.41, 5.74) is -2.78. The van der Waals surface area contributed by atoms with Crippen LogP contribution in [0.4, 0.5) is 30.7 Å². The van der Waals surface area contributed by atoms with Crippen molar-refractivity contribution in [1.29, 1.82) is 0 Å². The lowest BCUT2D eigenvalue weighted by Gasteiger charge is -2.15. The molecular weight excluding hydrogens is 317 g/mol. The van der Waals surface area contributed by atoms with Crippen molar-refractivity contribution in [2.75, 3.05) is 0 Å². The van der Waals surface area contributed by atoms with Crippen LogP contribution in [0.5, 0.6) is 5.75 Å². The van der Waals surface area contributed by atoms with Crippen LogP contribution in [-0.2, 0) is 6.18 Å². The molecule has 2 aromatic carbocycles. The van der Waals surface area contributed by atoms with Gasteiger partial charge in [0.2, 0.25) is 0 Å². The Balaban J connectivity index is 2.66. The Morgan fingerprint density at radius 1 is 0.909 bits per heavy atom. The molecular formula is C14H7F7O. The van der Waals surface area contributed by atoms with Gasteiger partial charge in [0.05, 0.1) is 5.56 Å². The lowest BCUT2D eigenvalue weighted by atomic mass is 9.98. The standard InChI is InChI=1S/C14H7F7O/c15-11-3-1-2-8(12(11)16)9-6-7(22-13(17)18)4-5-10(9)14(19,20)21/h1-6,13H. The van der Waals surface area contributed by atoms with E-state index < -0.39 is 46.9 Å². The molecule has 0 heterocycles. The molecule has 0 bridgehead atoms. The Morgan fingerprint density at radius 3 is 2.18 bits per heavy atom. The molecule has 8 heteroatoms. The molecule has 2 aromatic rings. The van der Waals surface area contributed by atoms with Gasteiger partial charge in [-0.3, -0.25) is 0 Å². The lowest BCUT2D eigenvalue weighted by Crippen LogP contribution is -2.09. The van der Waals surface area contributed by atoms with Crippen molar-refractivity contribution in [2.24, 2.45) is 0 Å². The molecule has 118 valence electrons. The van der Waals surface area contributed by atoms with E-state index in [1.165, 1.54) is 0 Å². The first-order valence-corrected chi connectivity index (χ1v) is 5.80. The normalized spacial score (nSPS) is 11.8. The molecule has 0 fully saturated rings. The van der Waals surface area contributed by atoms with E-state index in [4.69, 9.17) is 0 Å². The van der Waals surface area contributed by atoms with Gasteiger partial charge in [0, 0.05) is 11.1 Å². The van der Waals surface area contributed by atoms with Crippen LogP contribution in [0.3, 0.4) is 0 Å². The first kappa shape index (κ1) is 16.1. The molecule has 0 spiro atoms. The van der Waals surface area contributed by atoms with Crippen LogP contribution in [0.25, 0.3) is 11.1 Å². The Morgan fingerprint density at radius 2 is 1.59 bits per heavy atom. The summed E-state index contributed by atoms with van der Waals surface area (Å²) in [5.74, 6) is -3.46. The number of alkyl halides is 5. The highest BCUT2D eigenvalue weighted by atomic mass is 19.4. The van der Waals surface area contributed by atoms with Crippen LogP contribution in [0.1, 0.15) is 5.56 Å². The third-order valence-electron chi connectivity index (χ3n) is 2.76. The lowest BCUT2D eigenvalue weighted by molar-refractivity contribution is -0.137. The summed E-state index contributed by atoms with van der Waals surface area (Å²) in [6, 6.07) is 4.38. The van der Waals surface area contributed by atoms with Crippen LogP contribution < -0.4 is 4.74 Å². The zero-order valence-corrected chi connectivity index (χ0v) is 10.6. The van der Waals surface area contributed by atoms with Gasteiger partial charge in [0.15, 0.2) is 11.6 Å². The summed E-state index contributed by atoms with van der Waals surface area (Å²) in [6.45, 7) is -3.26. The van der Waals surface area contributed by atoms with E-state index in [2.05, 4.69) is 4.74 Å². The van der Waals surface area contributed by atoms with Crippen LogP contribution in [0.15, 0.2) is 36.4 Å². The number of hydrogen-bond acceptors (Lipinski definition) is 1. The summed E-state index contributed by atoms with van der Waals surface area (Å²) in [5, 5.41) is 0. The fourth-order valence-electron chi connectivity index (χ4n) is 1.88. The molecule has 22 heavy (non-hydrogen) atoms. The summed E-state index contributed by atoms with van der Waals surface area (Å²) in [6.07, 6.45) is -4.88. The molecule has 0 atom stereocenters. The van der Waals surface area contributed by atoms with Crippen molar-refractivity contribution >= 4 is 0 Å². The molecule has 0 aliphatic heterocycles. The van der Waals surface area contributed by atoms with E-state index in [1.807, 2.05) is 0 Å². The molecule has 0 aliphatic carbocycles. The van der Waals surface area contributed by atoms with E-state index >= 15 is 0 Å². The minimum absolute atomic E-state index is 0.470. The summed E-state index contributed by atoms with van der Waals surface area (Å²) in [4.78, 5) is 0. The van der Waals surface area contributed by atoms with E-state index in [1.54, 1.807) is 0 Å². The van der Waals surface area contributed by atoms with Crippen LogP contribution >= 0.6 is 0 Å². The molecule has 0 saturated carbocycles. The minimum atomic E-state index is -4.88. The Bertz CT molecular complexity index is 679. The molecule has 0 amide bonds. The van der Waals surface area contributed by atoms with Crippen LogP contribution in [0.2, 0.25) is 0 Å². The summed E-state index contributed by atoms with van der Waals surface area (Å²) >= 11 is 0. The molecule has 0 radical (unpaired) electrons. The number of benzene rings is 2. The molecule has 0 aromatic heterocycles. The zero-order chi connectivity index (χ0) is 16.5. The van der Waals surface area contributed by atoms with Gasteiger partial charge >= 0.3 is 12.8 Å². The largest absolute Gasteiger partial charge is 0.435 e. The van der Waals surface area contributed by atoms with E-state index in [9.17, 15) is 30.7 Å². The van der Waals surface area contributed by atoms with Crippen molar-refractivity contribution in [2.45, 2.75) is 12.8 Å². The average Bonchev–Trinajstić information content (AvgIpc) is 2.40. The van der Waals surface area contributed by atoms with Crippen molar-refractivity contribution in [3.05, 3.63) is 53.6 Å². The third kappa shape index (κ3) is 3.32. The van der Waals surface area contributed by atoms with Gasteiger partial charge in [-0.25, -0.2) is 8.78 Å². The number of rotatable bonds is 3. The average molecular weight is 324 g/mol. The maximum absolute atomic E-state index is 13.7. The molecule has 0 aliphatic rings. The topological polar surface area (TPSA) is 9.23 Å². The predicted octanol–water partition coefficient (Wildman–Crippen LogP) is 5.25. The first-order chi connectivity index (χ1) is 10.2. The summed E-state index contributed by atoms with van der Waals surface area (Å²) in [7, 11) is 0. The monoisotopic (exact) mass is 324 g/mol. The second-order valence-corrected chi connectivity index (χ2v) is 4.19. The summed E-state index contributed by atoms with van der Waals surface area (Å²) < 4.78 is 94.1. The van der Waals surface area contributed by atoms with Crippen LogP contribution in [-0.4, -0.2) is 6.61 Å². The maximum atomic E-state index is 13.7. The van der Waals surface area contributed by atoms with Gasteiger partial charge in [-0.05, 0) is 24.3 Å². The van der Waals surface area contributed by atoms with Gasteiger partial charge < -0.3 is 4.74 Å². The fourth-order valence-corrected chi connectivity index (χ4v) is 1.88. The highest BCUT2D eigenvalue weighted by Gasteiger charge is 2.34. The third-order valence-corrected chi connectivity index (χ3v) is 2.76. The molecule has 0 N–H and O–H groups in total. The van der Waals surface area contributed by atoms with Crippen LogP contribution in [0, 0.1) is 11.6 Å². The second kappa shape index (κ2) is 5.86. The van der Waals surface area contributed by atoms with Crippen molar-refractivity contribution in [1.82, 2.24) is 0 Å². The minimum Gasteiger partial charge on any atom is -0.435 e. The SMILES string of the molecule is Fc1cccc(-c2cc(OC(F)F)ccc2C(F)(F)F)c1F. The maximum Gasteiger partial charge on any atom is 0.417 e. The highest BCUT2D eigenvalue weighted by Crippen LogP contribution is 2.40. The Labute approximate surface area is 119 Å². The van der Waals surface area contributed by atoms with Gasteiger partial charge in [-0.1, -0.05) is 12.1 Å². The molecule has 0 unspecified atom stereocenters. The first-order valence-electron chi connectivity index (χ1n) is 5.80. The Hall–Kier alpha value is -2.25. The molecule has 2 rings (SSSR count). The van der Waals surface area contributed by atoms with E-state index in [0.717, 1.165) is 18.2 Å². The van der Waals surface area contributed by atoms with Gasteiger partial charge in [0.25, 0.3) is 0 Å². The van der Waals surface area contributed by atoms with Gasteiger partial charge in [-0.15, -0.1) is 0 Å². The number of halogens is 7. The van der Waals surface area contributed by atoms with Gasteiger partial charge in [-0.2, -0.15) is 22.0 Å². The van der Waals surface area contributed by atoms with E-state index in [0.29, 0.717) is 18.2 Å². The van der Waals surface area contributed by atoms with Gasteiger partial charge in [0.1, 0.15) is 5.75 Å². The quantitative estimate of drug-likeness (QED) is 0.701. The number of ether oxygens (including phenoxy) is 1. The highest BCUT2D eigenvalue weighted by molar-refractivity contribution is 5.70. The predicted molar refractivity (Wildman–Crippen MR) is 63.4 cm³/mol. The molecule has 1 nitrogen and oxygen atoms in total. The smallest absolute Gasteiger partial charge is 0.417 e. The number of hydrogen-bond donors (Lipinski definition) is 0. The Kier molecular flexibility index (Phi) is 4.30. The molecule has 0 saturated heterocycles. The zero-order valence-electron chi connectivity index (χ0n) is 10.6. The van der Waals surface area contributed by atoms with Crippen molar-refractivity contribution in [3.8, 4) is 16.9 Å². The van der Waals surface area contributed by atoms with Crippen molar-refractivity contribution < 1.29 is 35.5 Å². The fraction of sp³-hybridized carbons (Fsp3) is 0.143. The second-order valence-electron chi connectivity index (χ2n) is 4.19. The van der Waals surface area contributed by atoms with Crippen molar-refractivity contribution in [3.63, 3.8) is 0 Å². The van der Waals surface area contributed by atoms with E-state index in [-0.39, 0.29) is 0 Å².